The molecule has 0 atom stereocenters. The van der Waals surface area contributed by atoms with Gasteiger partial charge in [-0.15, -0.1) is 0 Å². The summed E-state index contributed by atoms with van der Waals surface area (Å²) in [6.07, 6.45) is 0. The van der Waals surface area contributed by atoms with Crippen molar-refractivity contribution in [1.82, 2.24) is 14.9 Å². The van der Waals surface area contributed by atoms with Crippen LogP contribution in [0.3, 0.4) is 0 Å². The Kier molecular flexibility index (Phi) is 6.14. The Labute approximate surface area is 201 Å². The van der Waals surface area contributed by atoms with Gasteiger partial charge in [0.2, 0.25) is 0 Å². The number of fused-ring (bicyclic) bond motifs is 1. The normalized spacial score (nSPS) is 11.2. The molecule has 12 nitrogen and oxygen atoms in total. The van der Waals surface area contributed by atoms with Gasteiger partial charge in [-0.05, 0) is 25.1 Å². The first-order valence-corrected chi connectivity index (χ1v) is 11.6. The number of hydrogen-bond donors (Lipinski definition) is 2. The number of nitrogens with zero attached hydrogens (tertiary/aromatic N) is 4. The van der Waals surface area contributed by atoms with Gasteiger partial charge in [-0.2, -0.15) is 10.4 Å². The van der Waals surface area contributed by atoms with Gasteiger partial charge in [-0.1, -0.05) is 11.2 Å². The molecule has 0 radical (unpaired) electrons. The highest BCUT2D eigenvalue weighted by molar-refractivity contribution is 7.93. The Balaban J connectivity index is 1.76. The number of aromatic nitrogens is 3. The largest absolute Gasteiger partial charge is 0.495 e. The summed E-state index contributed by atoms with van der Waals surface area (Å²) in [5.74, 6) is 0.985. The second-order valence-electron chi connectivity index (χ2n) is 7.35. The highest BCUT2D eigenvalue weighted by atomic mass is 32.2. The van der Waals surface area contributed by atoms with Crippen molar-refractivity contribution >= 4 is 38.3 Å². The molecule has 35 heavy (non-hydrogen) atoms. The van der Waals surface area contributed by atoms with Crippen LogP contribution in [0.1, 0.15) is 11.3 Å². The highest BCUT2D eigenvalue weighted by Crippen LogP contribution is 2.38. The average Bonchev–Trinajstić information content (AvgIpc) is 3.35. The number of rotatable bonds is 8. The van der Waals surface area contributed by atoms with E-state index in [4.69, 9.17) is 18.7 Å². The summed E-state index contributed by atoms with van der Waals surface area (Å²) in [5, 5.41) is 21.1. The number of sulfonamides is 1. The lowest BCUT2D eigenvalue weighted by molar-refractivity contribution is 0.373. The smallest absolute Gasteiger partial charge is 0.270 e. The highest BCUT2D eigenvalue weighted by Gasteiger charge is 2.27. The van der Waals surface area contributed by atoms with Crippen LogP contribution in [0, 0.1) is 18.3 Å². The Hall–Kier alpha value is -4.44. The van der Waals surface area contributed by atoms with Gasteiger partial charge in [0.05, 0.1) is 38.1 Å². The van der Waals surface area contributed by atoms with Gasteiger partial charge >= 0.3 is 0 Å². The van der Waals surface area contributed by atoms with Crippen molar-refractivity contribution in [3.63, 3.8) is 0 Å². The number of benzene rings is 2. The molecule has 0 fully saturated rings. The zero-order valence-corrected chi connectivity index (χ0v) is 20.3. The summed E-state index contributed by atoms with van der Waals surface area (Å²) in [6, 6.07) is 9.91. The summed E-state index contributed by atoms with van der Waals surface area (Å²) in [6.45, 7) is 1.73. The topological polar surface area (TPSA) is 154 Å². The molecule has 0 spiro atoms. The van der Waals surface area contributed by atoms with Crippen LogP contribution in [0.4, 0.5) is 17.3 Å². The molecule has 0 saturated heterocycles. The fourth-order valence-electron chi connectivity index (χ4n) is 3.63. The zero-order chi connectivity index (χ0) is 25.3. The molecule has 0 bridgehead atoms. The average molecular weight is 499 g/mol. The van der Waals surface area contributed by atoms with Gasteiger partial charge in [0, 0.05) is 13.1 Å². The van der Waals surface area contributed by atoms with E-state index in [9.17, 15) is 13.7 Å². The van der Waals surface area contributed by atoms with Crippen LogP contribution in [-0.2, 0) is 17.1 Å². The van der Waals surface area contributed by atoms with Crippen LogP contribution in [-0.4, -0.2) is 44.7 Å². The predicted molar refractivity (Wildman–Crippen MR) is 127 cm³/mol. The van der Waals surface area contributed by atoms with Crippen LogP contribution in [0.15, 0.2) is 39.8 Å². The maximum absolute atomic E-state index is 13.2. The molecule has 0 unspecified atom stereocenters. The lowest BCUT2D eigenvalue weighted by Crippen LogP contribution is -2.15. The molecule has 4 aromatic rings. The molecular formula is C22H22N6O6S. The van der Waals surface area contributed by atoms with E-state index >= 15 is 0 Å². The lowest BCUT2D eigenvalue weighted by Gasteiger charge is -2.14. The summed E-state index contributed by atoms with van der Waals surface area (Å²) in [7, 11) is 1.71. The van der Waals surface area contributed by atoms with E-state index in [0.717, 1.165) is 0 Å². The maximum Gasteiger partial charge on any atom is 0.270 e. The first-order chi connectivity index (χ1) is 16.7. The van der Waals surface area contributed by atoms with Crippen LogP contribution in [0.25, 0.3) is 11.0 Å². The second kappa shape index (κ2) is 9.07. The van der Waals surface area contributed by atoms with Gasteiger partial charge in [0.25, 0.3) is 10.0 Å². The molecule has 0 aliphatic rings. The van der Waals surface area contributed by atoms with Crippen molar-refractivity contribution in [2.75, 3.05) is 31.4 Å². The molecule has 2 N–H and O–H groups in total. The van der Waals surface area contributed by atoms with E-state index in [1.165, 1.54) is 38.1 Å². The lowest BCUT2D eigenvalue weighted by atomic mass is 10.2. The molecule has 2 heterocycles. The molecule has 13 heteroatoms. The zero-order valence-electron chi connectivity index (χ0n) is 19.5. The van der Waals surface area contributed by atoms with Crippen molar-refractivity contribution in [3.05, 3.63) is 41.6 Å². The first-order valence-electron chi connectivity index (χ1n) is 10.2. The SMILES string of the molecule is COc1cc2c(NS(=O)(=O)c3c(OC)cccc3OC)noc2cc1Nc1c(C#N)c(C)nn1C. The standard InChI is InChI=1S/C22H22N6O6S/c1-12-14(11-23)22(28(2)25-12)24-15-10-18-13(9-19(15)33-5)21(26-34-18)27-35(29,30)20-16(31-3)7-6-8-17(20)32-4/h6-10,24H,1-5H3,(H,26,27). The van der Waals surface area contributed by atoms with Gasteiger partial charge in [0.1, 0.15) is 34.7 Å². The van der Waals surface area contributed by atoms with Crippen molar-refractivity contribution in [1.29, 1.82) is 5.26 Å². The molecule has 0 aliphatic carbocycles. The minimum Gasteiger partial charge on any atom is -0.495 e. The number of hydrogen-bond acceptors (Lipinski definition) is 10. The number of methoxy groups -OCH3 is 3. The van der Waals surface area contributed by atoms with E-state index in [1.54, 1.807) is 32.2 Å². The van der Waals surface area contributed by atoms with Crippen LogP contribution in [0.2, 0.25) is 0 Å². The number of nitriles is 1. The fourth-order valence-corrected chi connectivity index (χ4v) is 4.96. The molecular weight excluding hydrogens is 476 g/mol. The van der Waals surface area contributed by atoms with E-state index in [-0.39, 0.29) is 27.8 Å². The van der Waals surface area contributed by atoms with Crippen LogP contribution in [0.5, 0.6) is 17.2 Å². The summed E-state index contributed by atoms with van der Waals surface area (Å²) < 4.78 is 51.8. The van der Waals surface area contributed by atoms with Crippen molar-refractivity contribution in [3.8, 4) is 23.3 Å². The van der Waals surface area contributed by atoms with Gasteiger partial charge < -0.3 is 24.1 Å². The summed E-state index contributed by atoms with van der Waals surface area (Å²) in [4.78, 5) is -0.179. The Morgan fingerprint density at radius 2 is 1.74 bits per heavy atom. The van der Waals surface area contributed by atoms with E-state index in [2.05, 4.69) is 26.4 Å². The van der Waals surface area contributed by atoms with Gasteiger partial charge in [0.15, 0.2) is 16.3 Å². The fraction of sp³-hybridized carbons (Fsp3) is 0.227. The number of anilines is 3. The van der Waals surface area contributed by atoms with Crippen LogP contribution >= 0.6 is 0 Å². The van der Waals surface area contributed by atoms with Crippen molar-refractivity contribution in [2.45, 2.75) is 11.8 Å². The van der Waals surface area contributed by atoms with Crippen molar-refractivity contribution in [2.24, 2.45) is 7.05 Å². The minimum atomic E-state index is -4.18. The summed E-state index contributed by atoms with van der Waals surface area (Å²) >= 11 is 0. The Bertz CT molecular complexity index is 1550. The number of aryl methyl sites for hydroxylation is 2. The van der Waals surface area contributed by atoms with E-state index in [1.807, 2.05) is 0 Å². The Morgan fingerprint density at radius 3 is 2.34 bits per heavy atom. The van der Waals surface area contributed by atoms with E-state index < -0.39 is 10.0 Å². The molecule has 182 valence electrons. The second-order valence-corrected chi connectivity index (χ2v) is 8.97. The van der Waals surface area contributed by atoms with E-state index in [0.29, 0.717) is 33.9 Å². The third kappa shape index (κ3) is 4.15. The minimum absolute atomic E-state index is 0.0492. The Morgan fingerprint density at radius 1 is 1.09 bits per heavy atom. The monoisotopic (exact) mass is 498 g/mol. The van der Waals surface area contributed by atoms with Gasteiger partial charge in [-0.3, -0.25) is 9.40 Å². The van der Waals surface area contributed by atoms with Gasteiger partial charge in [-0.25, -0.2) is 8.42 Å². The van der Waals surface area contributed by atoms with Crippen LogP contribution < -0.4 is 24.2 Å². The molecule has 0 amide bonds. The molecule has 2 aromatic heterocycles. The molecule has 2 aromatic carbocycles. The number of ether oxygens (including phenoxy) is 3. The van der Waals surface area contributed by atoms with Crippen molar-refractivity contribution < 1.29 is 27.2 Å². The quantitative estimate of drug-likeness (QED) is 0.370. The third-order valence-electron chi connectivity index (χ3n) is 5.26. The predicted octanol–water partition coefficient (Wildman–Crippen LogP) is 3.31. The molecule has 0 saturated carbocycles. The third-order valence-corrected chi connectivity index (χ3v) is 6.66. The number of nitrogens with one attached hydrogen (secondary N) is 2. The maximum atomic E-state index is 13.2. The first kappa shape index (κ1) is 23.7. The molecule has 4 rings (SSSR count). The summed E-state index contributed by atoms with van der Waals surface area (Å²) in [5.41, 5.74) is 1.69. The molecule has 0 aliphatic heterocycles.